The lowest BCUT2D eigenvalue weighted by Gasteiger charge is -2.12. The van der Waals surface area contributed by atoms with Crippen LogP contribution in [0.1, 0.15) is 25.8 Å². The molecule has 0 saturated carbocycles. The first-order chi connectivity index (χ1) is 7.04. The van der Waals surface area contributed by atoms with Gasteiger partial charge in [-0.25, -0.2) is 4.39 Å². The summed E-state index contributed by atoms with van der Waals surface area (Å²) in [5.41, 5.74) is 1.08. The number of hydrogen-bond donors (Lipinski definition) is 2. The molecule has 0 spiro atoms. The third kappa shape index (κ3) is 3.32. The van der Waals surface area contributed by atoms with Crippen LogP contribution in [0.3, 0.4) is 0 Å². The van der Waals surface area contributed by atoms with Crippen molar-refractivity contribution in [2.45, 2.75) is 26.7 Å². The number of benzene rings is 1. The van der Waals surface area contributed by atoms with Gasteiger partial charge in [0.1, 0.15) is 5.82 Å². The molecule has 0 heterocycles. The van der Waals surface area contributed by atoms with Crippen LogP contribution in [0.25, 0.3) is 0 Å². The van der Waals surface area contributed by atoms with Crippen molar-refractivity contribution in [3.05, 3.63) is 29.6 Å². The van der Waals surface area contributed by atoms with Gasteiger partial charge in [-0.1, -0.05) is 26.3 Å². The second kappa shape index (κ2) is 5.28. The molecule has 15 heavy (non-hydrogen) atoms. The van der Waals surface area contributed by atoms with Crippen LogP contribution in [0, 0.1) is 11.7 Å². The van der Waals surface area contributed by atoms with Crippen molar-refractivity contribution in [2.24, 2.45) is 5.92 Å². The topological polar surface area (TPSA) is 40.5 Å². The standard InChI is InChI=1S/C11H16BFO2/c1-3-8(2)6-9-7-10(13)4-5-11(9)12(14)15/h4-5,7-8,14-15H,3,6H2,1-2H3. The summed E-state index contributed by atoms with van der Waals surface area (Å²) in [6.45, 7) is 4.11. The molecule has 1 unspecified atom stereocenters. The molecule has 0 saturated heterocycles. The summed E-state index contributed by atoms with van der Waals surface area (Å²) in [7, 11) is -1.52. The minimum absolute atomic E-state index is 0.335. The summed E-state index contributed by atoms with van der Waals surface area (Å²) < 4.78 is 13.0. The van der Waals surface area contributed by atoms with Gasteiger partial charge in [0.2, 0.25) is 0 Å². The first kappa shape index (κ1) is 12.2. The normalized spacial score (nSPS) is 12.6. The van der Waals surface area contributed by atoms with E-state index in [1.54, 1.807) is 0 Å². The quantitative estimate of drug-likeness (QED) is 0.730. The Labute approximate surface area is 89.9 Å². The molecule has 0 aliphatic carbocycles. The third-order valence-corrected chi connectivity index (χ3v) is 2.65. The van der Waals surface area contributed by atoms with Crippen molar-refractivity contribution in [1.29, 1.82) is 0 Å². The number of rotatable bonds is 4. The fraction of sp³-hybridized carbons (Fsp3) is 0.455. The maximum Gasteiger partial charge on any atom is 0.488 e. The summed E-state index contributed by atoms with van der Waals surface area (Å²) in [6.07, 6.45) is 1.65. The maximum atomic E-state index is 13.0. The van der Waals surface area contributed by atoms with E-state index in [4.69, 9.17) is 10.0 Å². The fourth-order valence-corrected chi connectivity index (χ4v) is 1.52. The van der Waals surface area contributed by atoms with Gasteiger partial charge in [0.05, 0.1) is 0 Å². The van der Waals surface area contributed by atoms with Crippen molar-refractivity contribution in [1.82, 2.24) is 0 Å². The highest BCUT2D eigenvalue weighted by molar-refractivity contribution is 6.59. The molecule has 2 nitrogen and oxygen atoms in total. The SMILES string of the molecule is CCC(C)Cc1cc(F)ccc1B(O)O. The molecule has 82 valence electrons. The van der Waals surface area contributed by atoms with Gasteiger partial charge in [-0.05, 0) is 35.5 Å². The van der Waals surface area contributed by atoms with E-state index < -0.39 is 7.12 Å². The highest BCUT2D eigenvalue weighted by atomic mass is 19.1. The van der Waals surface area contributed by atoms with Crippen LogP contribution >= 0.6 is 0 Å². The largest absolute Gasteiger partial charge is 0.488 e. The first-order valence-corrected chi connectivity index (χ1v) is 5.19. The second-order valence-corrected chi connectivity index (χ2v) is 3.93. The molecule has 1 atom stereocenters. The smallest absolute Gasteiger partial charge is 0.423 e. The van der Waals surface area contributed by atoms with Crippen LogP contribution in [-0.4, -0.2) is 17.2 Å². The van der Waals surface area contributed by atoms with Crippen molar-refractivity contribution in [3.63, 3.8) is 0 Å². The van der Waals surface area contributed by atoms with Crippen LogP contribution in [0.5, 0.6) is 0 Å². The Balaban J connectivity index is 2.96. The van der Waals surface area contributed by atoms with Crippen molar-refractivity contribution >= 4 is 12.6 Å². The summed E-state index contributed by atoms with van der Waals surface area (Å²) in [6, 6.07) is 4.05. The number of hydrogen-bond acceptors (Lipinski definition) is 2. The lowest BCUT2D eigenvalue weighted by molar-refractivity contribution is 0.424. The Hall–Kier alpha value is -0.865. The molecule has 0 radical (unpaired) electrons. The molecule has 4 heteroatoms. The van der Waals surface area contributed by atoms with E-state index >= 15 is 0 Å². The molecule has 1 aromatic rings. The van der Waals surface area contributed by atoms with Gasteiger partial charge in [0.15, 0.2) is 0 Å². The number of halogens is 1. The summed E-state index contributed by atoms with van der Waals surface area (Å²) in [5, 5.41) is 18.2. The molecule has 1 aromatic carbocycles. The van der Waals surface area contributed by atoms with Gasteiger partial charge in [0.25, 0.3) is 0 Å². The third-order valence-electron chi connectivity index (χ3n) is 2.65. The zero-order valence-electron chi connectivity index (χ0n) is 9.07. The Morgan fingerprint density at radius 2 is 2.07 bits per heavy atom. The van der Waals surface area contributed by atoms with E-state index in [1.807, 2.05) is 0 Å². The van der Waals surface area contributed by atoms with Crippen LogP contribution < -0.4 is 5.46 Å². The predicted molar refractivity (Wildman–Crippen MR) is 59.4 cm³/mol. The van der Waals surface area contributed by atoms with E-state index in [-0.39, 0.29) is 5.82 Å². The maximum absolute atomic E-state index is 13.0. The summed E-state index contributed by atoms with van der Waals surface area (Å²) in [5.74, 6) is 0.0713. The molecule has 0 aromatic heterocycles. The van der Waals surface area contributed by atoms with Gasteiger partial charge >= 0.3 is 7.12 Å². The van der Waals surface area contributed by atoms with Gasteiger partial charge in [-0.3, -0.25) is 0 Å². The highest BCUT2D eigenvalue weighted by Gasteiger charge is 2.17. The van der Waals surface area contributed by atoms with Gasteiger partial charge in [0, 0.05) is 0 Å². The van der Waals surface area contributed by atoms with Crippen LogP contribution in [0.2, 0.25) is 0 Å². The molecule has 2 N–H and O–H groups in total. The van der Waals surface area contributed by atoms with Crippen LogP contribution in [0.15, 0.2) is 18.2 Å². The van der Waals surface area contributed by atoms with Gasteiger partial charge in [-0.15, -0.1) is 0 Å². The Kier molecular flexibility index (Phi) is 4.30. The van der Waals surface area contributed by atoms with Gasteiger partial charge < -0.3 is 10.0 Å². The van der Waals surface area contributed by atoms with Gasteiger partial charge in [-0.2, -0.15) is 0 Å². The first-order valence-electron chi connectivity index (χ1n) is 5.19. The zero-order valence-corrected chi connectivity index (χ0v) is 9.07. The lowest BCUT2D eigenvalue weighted by atomic mass is 9.75. The van der Waals surface area contributed by atoms with E-state index in [2.05, 4.69) is 13.8 Å². The van der Waals surface area contributed by atoms with E-state index in [1.165, 1.54) is 18.2 Å². The zero-order chi connectivity index (χ0) is 11.4. The predicted octanol–water partition coefficient (Wildman–Crippen LogP) is 1.09. The fourth-order valence-electron chi connectivity index (χ4n) is 1.52. The molecule has 0 bridgehead atoms. The molecule has 1 rings (SSSR count). The summed E-state index contributed by atoms with van der Waals surface area (Å²) in [4.78, 5) is 0. The molecule has 0 amide bonds. The highest BCUT2D eigenvalue weighted by Crippen LogP contribution is 2.11. The Bertz CT molecular complexity index is 328. The molecule has 0 aliphatic rings. The average Bonchev–Trinajstić information content (AvgIpc) is 2.17. The molecular formula is C11H16BFO2. The van der Waals surface area contributed by atoms with E-state index in [0.29, 0.717) is 23.4 Å². The monoisotopic (exact) mass is 210 g/mol. The van der Waals surface area contributed by atoms with Crippen molar-refractivity contribution in [3.8, 4) is 0 Å². The Morgan fingerprint density at radius 3 is 2.60 bits per heavy atom. The molecule has 0 aliphatic heterocycles. The average molecular weight is 210 g/mol. The van der Waals surface area contributed by atoms with Crippen LogP contribution in [-0.2, 0) is 6.42 Å². The second-order valence-electron chi connectivity index (χ2n) is 3.93. The van der Waals surface area contributed by atoms with Crippen LogP contribution in [0.4, 0.5) is 4.39 Å². The lowest BCUT2D eigenvalue weighted by Crippen LogP contribution is -2.33. The summed E-state index contributed by atoms with van der Waals surface area (Å²) >= 11 is 0. The minimum atomic E-state index is -1.52. The molecular weight excluding hydrogens is 194 g/mol. The van der Waals surface area contributed by atoms with Crippen molar-refractivity contribution in [2.75, 3.05) is 0 Å². The Morgan fingerprint density at radius 1 is 1.40 bits per heavy atom. The molecule has 0 fully saturated rings. The minimum Gasteiger partial charge on any atom is -0.423 e. The van der Waals surface area contributed by atoms with Crippen molar-refractivity contribution < 1.29 is 14.4 Å². The van der Waals surface area contributed by atoms with E-state index in [0.717, 1.165) is 6.42 Å². The van der Waals surface area contributed by atoms with E-state index in [9.17, 15) is 4.39 Å².